The largest absolute Gasteiger partial charge is 0.462 e. The zero-order chi connectivity index (χ0) is 18.5. The second kappa shape index (κ2) is 9.27. The van der Waals surface area contributed by atoms with Crippen molar-refractivity contribution in [1.82, 2.24) is 0 Å². The van der Waals surface area contributed by atoms with Gasteiger partial charge in [-0.15, -0.1) is 23.1 Å². The summed E-state index contributed by atoms with van der Waals surface area (Å²) in [6, 6.07) is 0. The van der Waals surface area contributed by atoms with Crippen LogP contribution in [0.2, 0.25) is 0 Å². The van der Waals surface area contributed by atoms with Crippen LogP contribution >= 0.6 is 23.1 Å². The number of thioether (sulfide) groups is 1. The molecule has 0 aliphatic heterocycles. The Morgan fingerprint density at radius 3 is 2.65 bits per heavy atom. The van der Waals surface area contributed by atoms with Crippen molar-refractivity contribution in [1.29, 1.82) is 0 Å². The number of esters is 1. The molecule has 1 atom stereocenters. The fourth-order valence-corrected chi connectivity index (χ4v) is 6.48. The van der Waals surface area contributed by atoms with Crippen LogP contribution in [0.25, 0.3) is 0 Å². The lowest BCUT2D eigenvalue weighted by molar-refractivity contribution is -0.115. The number of hydrogen-bond donors (Lipinski definition) is 1. The smallest absolute Gasteiger partial charge is 0.341 e. The average molecular weight is 396 g/mol. The third kappa shape index (κ3) is 4.63. The molecule has 6 heteroatoms. The summed E-state index contributed by atoms with van der Waals surface area (Å²) in [5.74, 6) is -0.292. The normalized spacial score (nSPS) is 18.8. The molecule has 1 aromatic rings. The number of thiophene rings is 1. The van der Waals surface area contributed by atoms with Crippen LogP contribution in [0.3, 0.4) is 0 Å². The molecular formula is C20H29NO3S2. The second-order valence-corrected chi connectivity index (χ2v) is 9.91. The average Bonchev–Trinajstić information content (AvgIpc) is 3.00. The summed E-state index contributed by atoms with van der Waals surface area (Å²) in [6.45, 7) is 4.15. The molecule has 1 fully saturated rings. The van der Waals surface area contributed by atoms with Crippen molar-refractivity contribution in [2.45, 2.75) is 82.1 Å². The number of hydrogen-bond acceptors (Lipinski definition) is 5. The molecule has 0 aromatic carbocycles. The monoisotopic (exact) mass is 395 g/mol. The van der Waals surface area contributed by atoms with Crippen LogP contribution < -0.4 is 5.32 Å². The van der Waals surface area contributed by atoms with Crippen LogP contribution in [-0.2, 0) is 22.4 Å². The molecule has 1 aromatic heterocycles. The molecule has 0 spiro atoms. The lowest BCUT2D eigenvalue weighted by Crippen LogP contribution is -2.26. The van der Waals surface area contributed by atoms with Gasteiger partial charge in [-0.05, 0) is 57.9 Å². The maximum absolute atomic E-state index is 12.8. The van der Waals surface area contributed by atoms with Gasteiger partial charge in [0.2, 0.25) is 5.91 Å². The fraction of sp³-hybridized carbons (Fsp3) is 0.700. The summed E-state index contributed by atoms with van der Waals surface area (Å²) in [6.07, 6.45) is 10.4. The van der Waals surface area contributed by atoms with Crippen LogP contribution in [0.1, 0.15) is 79.6 Å². The van der Waals surface area contributed by atoms with Crippen molar-refractivity contribution in [2.75, 3.05) is 11.9 Å². The van der Waals surface area contributed by atoms with Gasteiger partial charge >= 0.3 is 5.97 Å². The number of anilines is 1. The number of fused-ring (bicyclic) bond motifs is 1. The third-order valence-corrected chi connectivity index (χ3v) is 7.89. The highest BCUT2D eigenvalue weighted by Gasteiger charge is 2.29. The van der Waals surface area contributed by atoms with Crippen molar-refractivity contribution < 1.29 is 14.3 Å². The van der Waals surface area contributed by atoms with E-state index in [0.717, 1.165) is 31.2 Å². The molecule has 1 saturated carbocycles. The molecular weight excluding hydrogens is 366 g/mol. The van der Waals surface area contributed by atoms with Gasteiger partial charge in [-0.25, -0.2) is 4.79 Å². The topological polar surface area (TPSA) is 55.4 Å². The second-order valence-electron chi connectivity index (χ2n) is 7.16. The standard InChI is InChI=1S/C20H29NO3S2/c1-3-24-20(23)17-15-11-7-8-12-16(15)26-19(17)21-18(22)13(2)25-14-9-5-4-6-10-14/h13-14H,3-12H2,1-2H3,(H,21,22)/t13-/m1/s1. The molecule has 1 N–H and O–H groups in total. The number of carbonyl (C=O) groups excluding carboxylic acids is 2. The molecule has 0 bridgehead atoms. The Hall–Kier alpha value is -1.01. The third-order valence-electron chi connectivity index (χ3n) is 5.21. The van der Waals surface area contributed by atoms with Crippen LogP contribution in [0, 0.1) is 0 Å². The zero-order valence-electron chi connectivity index (χ0n) is 15.8. The van der Waals surface area contributed by atoms with Crippen molar-refractivity contribution in [3.8, 4) is 0 Å². The van der Waals surface area contributed by atoms with Gasteiger partial charge in [0.05, 0.1) is 17.4 Å². The van der Waals surface area contributed by atoms with Gasteiger partial charge in [-0.3, -0.25) is 4.79 Å². The fourth-order valence-electron chi connectivity index (χ4n) is 3.84. The Balaban J connectivity index is 1.72. The van der Waals surface area contributed by atoms with E-state index in [9.17, 15) is 9.59 Å². The molecule has 0 radical (unpaired) electrons. The van der Waals surface area contributed by atoms with Crippen LogP contribution in [0.5, 0.6) is 0 Å². The number of aryl methyl sites for hydroxylation is 1. The molecule has 1 heterocycles. The summed E-state index contributed by atoms with van der Waals surface area (Å²) >= 11 is 3.35. The lowest BCUT2D eigenvalue weighted by Gasteiger charge is -2.23. The highest BCUT2D eigenvalue weighted by molar-refractivity contribution is 8.01. The summed E-state index contributed by atoms with van der Waals surface area (Å²) in [4.78, 5) is 26.5. The first-order chi connectivity index (χ1) is 12.6. The highest BCUT2D eigenvalue weighted by Crippen LogP contribution is 2.39. The number of rotatable bonds is 6. The number of ether oxygens (including phenoxy) is 1. The first-order valence-corrected chi connectivity index (χ1v) is 11.6. The van der Waals surface area contributed by atoms with Crippen LogP contribution in [0.4, 0.5) is 5.00 Å². The van der Waals surface area contributed by atoms with Gasteiger partial charge in [0, 0.05) is 10.1 Å². The Kier molecular flexibility index (Phi) is 7.04. The number of nitrogens with one attached hydrogen (secondary N) is 1. The van der Waals surface area contributed by atoms with E-state index < -0.39 is 0 Å². The molecule has 3 rings (SSSR count). The molecule has 26 heavy (non-hydrogen) atoms. The van der Waals surface area contributed by atoms with Crippen LogP contribution in [-0.4, -0.2) is 29.0 Å². The summed E-state index contributed by atoms with van der Waals surface area (Å²) in [5, 5.41) is 4.23. The van der Waals surface area contributed by atoms with Gasteiger partial charge in [-0.2, -0.15) is 0 Å². The van der Waals surface area contributed by atoms with Gasteiger partial charge in [0.1, 0.15) is 5.00 Å². The van der Waals surface area contributed by atoms with Gasteiger partial charge in [0.15, 0.2) is 0 Å². The van der Waals surface area contributed by atoms with Crippen molar-refractivity contribution >= 4 is 40.0 Å². The quantitative estimate of drug-likeness (QED) is 0.673. The molecule has 0 saturated heterocycles. The van der Waals surface area contributed by atoms with Crippen molar-refractivity contribution in [3.05, 3.63) is 16.0 Å². The Labute approximate surface area is 164 Å². The summed E-state index contributed by atoms with van der Waals surface area (Å²) in [7, 11) is 0. The Morgan fingerprint density at radius 1 is 1.19 bits per heavy atom. The summed E-state index contributed by atoms with van der Waals surface area (Å²) < 4.78 is 5.27. The number of carbonyl (C=O) groups is 2. The summed E-state index contributed by atoms with van der Waals surface area (Å²) in [5.41, 5.74) is 1.71. The van der Waals surface area contributed by atoms with E-state index in [2.05, 4.69) is 5.32 Å². The predicted octanol–water partition coefficient (Wildman–Crippen LogP) is 5.20. The number of amides is 1. The Bertz CT molecular complexity index is 650. The van der Waals surface area contributed by atoms with E-state index in [1.54, 1.807) is 23.1 Å². The van der Waals surface area contributed by atoms with Gasteiger partial charge < -0.3 is 10.1 Å². The van der Waals surface area contributed by atoms with E-state index in [4.69, 9.17) is 4.74 Å². The minimum atomic E-state index is -0.296. The van der Waals surface area contributed by atoms with Gasteiger partial charge in [-0.1, -0.05) is 19.3 Å². The maximum Gasteiger partial charge on any atom is 0.341 e. The van der Waals surface area contributed by atoms with E-state index in [1.165, 1.54) is 37.0 Å². The van der Waals surface area contributed by atoms with E-state index >= 15 is 0 Å². The molecule has 2 aliphatic rings. The van der Waals surface area contributed by atoms with E-state index in [-0.39, 0.29) is 17.1 Å². The molecule has 0 unspecified atom stereocenters. The van der Waals surface area contributed by atoms with E-state index in [0.29, 0.717) is 22.4 Å². The van der Waals surface area contributed by atoms with E-state index in [1.807, 2.05) is 13.8 Å². The van der Waals surface area contributed by atoms with Crippen molar-refractivity contribution in [3.63, 3.8) is 0 Å². The van der Waals surface area contributed by atoms with Crippen LogP contribution in [0.15, 0.2) is 0 Å². The van der Waals surface area contributed by atoms with Gasteiger partial charge in [0.25, 0.3) is 0 Å². The van der Waals surface area contributed by atoms with Crippen molar-refractivity contribution in [2.24, 2.45) is 0 Å². The molecule has 2 aliphatic carbocycles. The first-order valence-electron chi connectivity index (χ1n) is 9.88. The molecule has 4 nitrogen and oxygen atoms in total. The minimum Gasteiger partial charge on any atom is -0.462 e. The minimum absolute atomic E-state index is 0.00437. The first kappa shape index (κ1) is 19.7. The predicted molar refractivity (Wildman–Crippen MR) is 109 cm³/mol. The maximum atomic E-state index is 12.8. The SMILES string of the molecule is CCOC(=O)c1c(NC(=O)[C@@H](C)SC2CCCCC2)sc2c1CCCC2. The molecule has 144 valence electrons. The molecule has 1 amide bonds. The highest BCUT2D eigenvalue weighted by atomic mass is 32.2. The Morgan fingerprint density at radius 2 is 1.92 bits per heavy atom. The lowest BCUT2D eigenvalue weighted by atomic mass is 9.95. The zero-order valence-corrected chi connectivity index (χ0v) is 17.4.